The number of hydrogen-bond donors (Lipinski definition) is 3. The number of benzene rings is 4. The molecule has 0 aliphatic heterocycles. The SMILES string of the molecule is COc1ccc(S(=O)(=O)NNC(=O)c2cccc(Nc3nc(-c4ccccc4)n(-c4cccc(C(F)(F)F)c4)n3)c2)cc1. The average molecular weight is 609 g/mol. The number of rotatable bonds is 9. The summed E-state index contributed by atoms with van der Waals surface area (Å²) in [4.78, 5) is 19.2. The number of carbonyl (C=O) groups is 1. The molecule has 3 N–H and O–H groups in total. The fourth-order valence-corrected chi connectivity index (χ4v) is 4.84. The van der Waals surface area contributed by atoms with E-state index < -0.39 is 27.7 Å². The number of methoxy groups -OCH3 is 1. The minimum Gasteiger partial charge on any atom is -0.497 e. The van der Waals surface area contributed by atoms with Crippen LogP contribution >= 0.6 is 0 Å². The molecule has 43 heavy (non-hydrogen) atoms. The Labute approximate surface area is 244 Å². The molecule has 1 heterocycles. The number of ether oxygens (including phenoxy) is 1. The molecule has 5 rings (SSSR count). The molecule has 220 valence electrons. The zero-order valence-electron chi connectivity index (χ0n) is 22.3. The van der Waals surface area contributed by atoms with Crippen molar-refractivity contribution in [1.82, 2.24) is 25.0 Å². The van der Waals surface area contributed by atoms with Crippen molar-refractivity contribution < 1.29 is 31.1 Å². The predicted molar refractivity (Wildman–Crippen MR) is 152 cm³/mol. The second-order valence-electron chi connectivity index (χ2n) is 9.03. The van der Waals surface area contributed by atoms with E-state index in [9.17, 15) is 26.4 Å². The number of aromatic nitrogens is 3. The highest BCUT2D eigenvalue weighted by atomic mass is 32.2. The summed E-state index contributed by atoms with van der Waals surface area (Å²) in [5.41, 5.74) is 2.55. The summed E-state index contributed by atoms with van der Waals surface area (Å²) >= 11 is 0. The maximum Gasteiger partial charge on any atom is 0.416 e. The van der Waals surface area contributed by atoms with Gasteiger partial charge in [0.25, 0.3) is 15.9 Å². The number of hydrogen-bond acceptors (Lipinski definition) is 7. The Morgan fingerprint density at radius 3 is 2.30 bits per heavy atom. The molecule has 10 nitrogen and oxygen atoms in total. The van der Waals surface area contributed by atoms with Crippen LogP contribution in [-0.2, 0) is 16.2 Å². The van der Waals surface area contributed by atoms with Gasteiger partial charge in [-0.2, -0.15) is 18.2 Å². The summed E-state index contributed by atoms with van der Waals surface area (Å²) in [5.74, 6) is 0.0591. The van der Waals surface area contributed by atoms with Crippen LogP contribution in [0.3, 0.4) is 0 Å². The van der Waals surface area contributed by atoms with Crippen molar-refractivity contribution in [2.75, 3.05) is 12.4 Å². The van der Waals surface area contributed by atoms with Crippen LogP contribution in [0.25, 0.3) is 17.1 Å². The molecular weight excluding hydrogens is 585 g/mol. The molecule has 0 saturated heterocycles. The van der Waals surface area contributed by atoms with Crippen molar-refractivity contribution in [3.8, 4) is 22.8 Å². The van der Waals surface area contributed by atoms with Gasteiger partial charge in [0.05, 0.1) is 23.3 Å². The van der Waals surface area contributed by atoms with E-state index >= 15 is 0 Å². The van der Waals surface area contributed by atoms with Gasteiger partial charge in [-0.1, -0.05) is 42.5 Å². The third kappa shape index (κ3) is 6.82. The van der Waals surface area contributed by atoms with Crippen molar-refractivity contribution in [3.05, 3.63) is 114 Å². The van der Waals surface area contributed by atoms with Crippen molar-refractivity contribution >= 4 is 27.6 Å². The van der Waals surface area contributed by atoms with Gasteiger partial charge in [0, 0.05) is 16.8 Å². The standard InChI is InChI=1S/C29H23F3N6O4S/c1-42-24-13-15-25(16-14-24)43(40,41)37-35-27(39)20-9-5-11-22(17-20)33-28-34-26(19-7-3-2-4-8-19)38(36-28)23-12-6-10-21(18-23)29(30,31)32/h2-18,37H,1H3,(H,33,36)(H,35,39). The molecular formula is C29H23F3N6O4S. The number of alkyl halides is 3. The summed E-state index contributed by atoms with van der Waals surface area (Å²) < 4.78 is 71.6. The highest BCUT2D eigenvalue weighted by Crippen LogP contribution is 2.32. The molecule has 0 aliphatic rings. The third-order valence-corrected chi connectivity index (χ3v) is 7.37. The van der Waals surface area contributed by atoms with Gasteiger partial charge < -0.3 is 10.1 Å². The quantitative estimate of drug-likeness (QED) is 0.193. The zero-order chi connectivity index (χ0) is 30.6. The number of anilines is 2. The van der Waals surface area contributed by atoms with Crippen LogP contribution in [0.5, 0.6) is 5.75 Å². The Hall–Kier alpha value is -5.21. The molecule has 0 fully saturated rings. The molecule has 14 heteroatoms. The molecule has 4 aromatic carbocycles. The Bertz CT molecular complexity index is 1860. The highest BCUT2D eigenvalue weighted by Gasteiger charge is 2.31. The maximum atomic E-state index is 13.4. The molecule has 0 spiro atoms. The molecule has 0 atom stereocenters. The topological polar surface area (TPSA) is 127 Å². The molecule has 5 aromatic rings. The second-order valence-corrected chi connectivity index (χ2v) is 10.7. The van der Waals surface area contributed by atoms with Gasteiger partial charge in [-0.05, 0) is 60.7 Å². The normalized spacial score (nSPS) is 11.6. The first-order valence-corrected chi connectivity index (χ1v) is 14.1. The Kier molecular flexibility index (Phi) is 8.14. The van der Waals surface area contributed by atoms with E-state index in [1.54, 1.807) is 42.5 Å². The van der Waals surface area contributed by atoms with E-state index in [4.69, 9.17) is 4.74 Å². The molecule has 0 saturated carbocycles. The lowest BCUT2D eigenvalue weighted by molar-refractivity contribution is -0.137. The number of amides is 1. The Morgan fingerprint density at radius 1 is 0.884 bits per heavy atom. The summed E-state index contributed by atoms with van der Waals surface area (Å²) in [7, 11) is -2.61. The second kappa shape index (κ2) is 12.0. The van der Waals surface area contributed by atoms with Crippen molar-refractivity contribution in [1.29, 1.82) is 0 Å². The molecule has 1 aromatic heterocycles. The van der Waals surface area contributed by atoms with Crippen LogP contribution in [0.1, 0.15) is 15.9 Å². The van der Waals surface area contributed by atoms with Gasteiger partial charge in [-0.3, -0.25) is 10.2 Å². The van der Waals surface area contributed by atoms with Crippen LogP contribution in [0.2, 0.25) is 0 Å². The van der Waals surface area contributed by atoms with Crippen LogP contribution in [-0.4, -0.2) is 36.2 Å². The lowest BCUT2D eigenvalue weighted by Crippen LogP contribution is -2.41. The number of carbonyl (C=O) groups excluding carboxylic acids is 1. The fraction of sp³-hybridized carbons (Fsp3) is 0.0690. The molecule has 0 radical (unpaired) electrons. The highest BCUT2D eigenvalue weighted by molar-refractivity contribution is 7.89. The predicted octanol–water partition coefficient (Wildman–Crippen LogP) is 5.33. The minimum atomic E-state index is -4.55. The number of halogens is 3. The van der Waals surface area contributed by atoms with Gasteiger partial charge in [0.1, 0.15) is 5.75 Å². The van der Waals surface area contributed by atoms with Crippen LogP contribution < -0.4 is 20.3 Å². The van der Waals surface area contributed by atoms with Gasteiger partial charge in [0.2, 0.25) is 5.95 Å². The summed E-state index contributed by atoms with van der Waals surface area (Å²) in [6, 6.07) is 25.2. The van der Waals surface area contributed by atoms with E-state index in [1.807, 2.05) is 4.83 Å². The van der Waals surface area contributed by atoms with Crippen LogP contribution in [0, 0.1) is 0 Å². The molecule has 1 amide bonds. The third-order valence-electron chi connectivity index (χ3n) is 6.11. The average Bonchev–Trinajstić information content (AvgIpc) is 3.44. The lowest BCUT2D eigenvalue weighted by Gasteiger charge is -2.10. The molecule has 0 unspecified atom stereocenters. The fourth-order valence-electron chi connectivity index (χ4n) is 4.00. The zero-order valence-corrected chi connectivity index (χ0v) is 23.1. The first-order valence-electron chi connectivity index (χ1n) is 12.6. The monoisotopic (exact) mass is 608 g/mol. The minimum absolute atomic E-state index is 0.0500. The van der Waals surface area contributed by atoms with E-state index in [0.717, 1.165) is 12.1 Å². The summed E-state index contributed by atoms with van der Waals surface area (Å²) in [5, 5.41) is 7.35. The van der Waals surface area contributed by atoms with Gasteiger partial charge >= 0.3 is 6.18 Å². The Morgan fingerprint density at radius 2 is 1.60 bits per heavy atom. The van der Waals surface area contributed by atoms with Crippen molar-refractivity contribution in [2.24, 2.45) is 0 Å². The van der Waals surface area contributed by atoms with E-state index in [-0.39, 0.29) is 27.9 Å². The van der Waals surface area contributed by atoms with Gasteiger partial charge in [-0.25, -0.2) is 13.1 Å². The van der Waals surface area contributed by atoms with Crippen LogP contribution in [0.4, 0.5) is 24.8 Å². The maximum absolute atomic E-state index is 13.4. The number of sulfonamides is 1. The van der Waals surface area contributed by atoms with Crippen molar-refractivity contribution in [2.45, 2.75) is 11.1 Å². The Balaban J connectivity index is 1.37. The van der Waals surface area contributed by atoms with E-state index in [2.05, 4.69) is 20.8 Å². The largest absolute Gasteiger partial charge is 0.497 e. The first-order chi connectivity index (χ1) is 20.5. The summed E-state index contributed by atoms with van der Waals surface area (Å²) in [6.07, 6.45) is -4.55. The number of hydrazine groups is 1. The van der Waals surface area contributed by atoms with Crippen molar-refractivity contribution in [3.63, 3.8) is 0 Å². The molecule has 0 aliphatic carbocycles. The smallest absolute Gasteiger partial charge is 0.416 e. The van der Waals surface area contributed by atoms with Gasteiger partial charge in [0.15, 0.2) is 5.82 Å². The summed E-state index contributed by atoms with van der Waals surface area (Å²) in [6.45, 7) is 0. The van der Waals surface area contributed by atoms with E-state index in [1.165, 1.54) is 60.3 Å². The van der Waals surface area contributed by atoms with E-state index in [0.29, 0.717) is 17.0 Å². The first kappa shape index (κ1) is 29.3. The lowest BCUT2D eigenvalue weighted by atomic mass is 10.2. The number of nitrogens with one attached hydrogen (secondary N) is 3. The van der Waals surface area contributed by atoms with Gasteiger partial charge in [-0.15, -0.1) is 9.93 Å². The van der Waals surface area contributed by atoms with Crippen LogP contribution in [0.15, 0.2) is 108 Å². The number of nitrogens with zero attached hydrogens (tertiary/aromatic N) is 3. The molecule has 0 bridgehead atoms.